The molecule has 2 rings (SSSR count). The minimum Gasteiger partial charge on any atom is -0.343 e. The Labute approximate surface area is 108 Å². The number of aryl methyl sites for hydroxylation is 2. The molecule has 0 bridgehead atoms. The summed E-state index contributed by atoms with van der Waals surface area (Å²) in [6.07, 6.45) is 1.56. The average Bonchev–Trinajstić information content (AvgIpc) is 2.70. The molecule has 0 fully saturated rings. The molecule has 18 heavy (non-hydrogen) atoms. The lowest BCUT2D eigenvalue weighted by atomic mass is 10.3. The largest absolute Gasteiger partial charge is 0.343 e. The van der Waals surface area contributed by atoms with E-state index in [1.807, 2.05) is 0 Å². The summed E-state index contributed by atoms with van der Waals surface area (Å²) in [6, 6.07) is 1.57. The Morgan fingerprint density at radius 2 is 2.28 bits per heavy atom. The van der Waals surface area contributed by atoms with Gasteiger partial charge >= 0.3 is 0 Å². The number of carbonyl (C=O) groups is 1. The van der Waals surface area contributed by atoms with E-state index < -0.39 is 0 Å². The molecule has 0 saturated heterocycles. The number of hydrogen-bond donors (Lipinski definition) is 1. The second-order valence-electron chi connectivity index (χ2n) is 3.70. The molecule has 0 aliphatic carbocycles. The van der Waals surface area contributed by atoms with Crippen LogP contribution in [0.2, 0.25) is 5.28 Å². The number of amides is 1. The maximum absolute atomic E-state index is 11.8. The van der Waals surface area contributed by atoms with E-state index in [1.165, 1.54) is 0 Å². The highest BCUT2D eigenvalue weighted by atomic mass is 35.5. The lowest BCUT2D eigenvalue weighted by Crippen LogP contribution is -2.25. The maximum atomic E-state index is 11.8. The van der Waals surface area contributed by atoms with Crippen LogP contribution in [0.15, 0.2) is 12.4 Å². The first kappa shape index (κ1) is 12.4. The molecule has 8 heteroatoms. The molecule has 0 unspecified atom stereocenters. The molecule has 0 spiro atoms. The van der Waals surface area contributed by atoms with E-state index in [-0.39, 0.29) is 23.4 Å². The molecule has 0 atom stereocenters. The van der Waals surface area contributed by atoms with E-state index in [1.54, 1.807) is 30.9 Å². The van der Waals surface area contributed by atoms with Crippen LogP contribution >= 0.6 is 11.6 Å². The van der Waals surface area contributed by atoms with E-state index in [0.29, 0.717) is 11.5 Å². The molecule has 2 heterocycles. The highest BCUT2D eigenvalue weighted by Crippen LogP contribution is 2.05. The van der Waals surface area contributed by atoms with Gasteiger partial charge in [0, 0.05) is 12.7 Å². The predicted molar refractivity (Wildman–Crippen MR) is 64.0 cm³/mol. The number of aromatic nitrogens is 5. The SMILES string of the molecule is Cc1cc(C(=O)NCc2nncn2C)nc(Cl)n1. The highest BCUT2D eigenvalue weighted by Gasteiger charge is 2.10. The van der Waals surface area contributed by atoms with Gasteiger partial charge in [0.15, 0.2) is 5.82 Å². The summed E-state index contributed by atoms with van der Waals surface area (Å²) < 4.78 is 1.72. The second-order valence-corrected chi connectivity index (χ2v) is 4.04. The van der Waals surface area contributed by atoms with Gasteiger partial charge in [-0.15, -0.1) is 10.2 Å². The number of halogens is 1. The Balaban J connectivity index is 2.06. The van der Waals surface area contributed by atoms with Gasteiger partial charge in [-0.2, -0.15) is 0 Å². The first-order valence-corrected chi connectivity index (χ1v) is 5.56. The van der Waals surface area contributed by atoms with Crippen molar-refractivity contribution in [3.8, 4) is 0 Å². The van der Waals surface area contributed by atoms with Crippen molar-refractivity contribution >= 4 is 17.5 Å². The topological polar surface area (TPSA) is 85.6 Å². The third-order valence-corrected chi connectivity index (χ3v) is 2.44. The maximum Gasteiger partial charge on any atom is 0.270 e. The lowest BCUT2D eigenvalue weighted by Gasteiger charge is -2.04. The predicted octanol–water partition coefficient (Wildman–Crippen LogP) is 0.497. The van der Waals surface area contributed by atoms with E-state index in [2.05, 4.69) is 25.5 Å². The summed E-state index contributed by atoms with van der Waals surface area (Å²) in [5.41, 5.74) is 0.869. The number of nitrogens with one attached hydrogen (secondary N) is 1. The summed E-state index contributed by atoms with van der Waals surface area (Å²) in [5, 5.41) is 10.3. The molecule has 0 radical (unpaired) electrons. The van der Waals surface area contributed by atoms with Crippen LogP contribution in [-0.2, 0) is 13.6 Å². The molecular formula is C10H11ClN6O. The number of rotatable bonds is 3. The zero-order valence-corrected chi connectivity index (χ0v) is 10.6. The van der Waals surface area contributed by atoms with Gasteiger partial charge in [-0.3, -0.25) is 4.79 Å². The summed E-state index contributed by atoms with van der Waals surface area (Å²) in [6.45, 7) is 2.02. The van der Waals surface area contributed by atoms with Crippen molar-refractivity contribution in [3.63, 3.8) is 0 Å². The Morgan fingerprint density at radius 3 is 2.89 bits per heavy atom. The highest BCUT2D eigenvalue weighted by molar-refractivity contribution is 6.28. The molecule has 94 valence electrons. The second kappa shape index (κ2) is 5.09. The van der Waals surface area contributed by atoms with Crippen LogP contribution in [0, 0.1) is 6.92 Å². The monoisotopic (exact) mass is 266 g/mol. The summed E-state index contributed by atoms with van der Waals surface area (Å²) in [5.74, 6) is 0.325. The molecule has 2 aromatic heterocycles. The van der Waals surface area contributed by atoms with Crippen LogP contribution in [-0.4, -0.2) is 30.6 Å². The van der Waals surface area contributed by atoms with Crippen molar-refractivity contribution < 1.29 is 4.79 Å². The van der Waals surface area contributed by atoms with Crippen molar-refractivity contribution in [1.82, 2.24) is 30.0 Å². The van der Waals surface area contributed by atoms with Crippen molar-refractivity contribution in [2.75, 3.05) is 0 Å². The summed E-state index contributed by atoms with van der Waals surface area (Å²) >= 11 is 5.69. The quantitative estimate of drug-likeness (QED) is 0.818. The molecule has 2 aromatic rings. The molecule has 1 N–H and O–H groups in total. The van der Waals surface area contributed by atoms with Crippen LogP contribution in [0.5, 0.6) is 0 Å². The minimum absolute atomic E-state index is 0.0545. The fourth-order valence-electron chi connectivity index (χ4n) is 1.37. The normalized spacial score (nSPS) is 10.4. The molecule has 7 nitrogen and oxygen atoms in total. The fraction of sp³-hybridized carbons (Fsp3) is 0.300. The van der Waals surface area contributed by atoms with Gasteiger partial charge < -0.3 is 9.88 Å². The zero-order valence-electron chi connectivity index (χ0n) is 9.88. The van der Waals surface area contributed by atoms with Crippen LogP contribution in [0.4, 0.5) is 0 Å². The number of nitrogens with zero attached hydrogens (tertiary/aromatic N) is 5. The standard InChI is InChI=1S/C10H11ClN6O/c1-6-3-7(15-10(11)14-6)9(18)12-4-8-16-13-5-17(8)2/h3,5H,4H2,1-2H3,(H,12,18). The minimum atomic E-state index is -0.328. The van der Waals surface area contributed by atoms with Crippen LogP contribution in [0.3, 0.4) is 0 Å². The van der Waals surface area contributed by atoms with Crippen molar-refractivity contribution in [2.45, 2.75) is 13.5 Å². The van der Waals surface area contributed by atoms with E-state index >= 15 is 0 Å². The number of carbonyl (C=O) groups excluding carboxylic acids is 1. The molecular weight excluding hydrogens is 256 g/mol. The Bertz CT molecular complexity index is 561. The van der Waals surface area contributed by atoms with Gasteiger partial charge in [-0.1, -0.05) is 0 Å². The third kappa shape index (κ3) is 2.80. The number of hydrogen-bond acceptors (Lipinski definition) is 5. The Hall–Kier alpha value is -2.02. The first-order valence-electron chi connectivity index (χ1n) is 5.18. The Morgan fingerprint density at radius 1 is 1.50 bits per heavy atom. The van der Waals surface area contributed by atoms with Gasteiger partial charge in [0.05, 0.1) is 6.54 Å². The molecule has 0 aromatic carbocycles. The summed E-state index contributed by atoms with van der Waals surface area (Å²) in [7, 11) is 1.80. The Kier molecular flexibility index (Phi) is 3.52. The van der Waals surface area contributed by atoms with Crippen molar-refractivity contribution in [2.24, 2.45) is 7.05 Å². The molecule has 0 aliphatic rings. The smallest absolute Gasteiger partial charge is 0.270 e. The summed E-state index contributed by atoms with van der Waals surface area (Å²) in [4.78, 5) is 19.6. The molecule has 0 saturated carbocycles. The molecule has 1 amide bonds. The van der Waals surface area contributed by atoms with E-state index in [9.17, 15) is 4.79 Å². The van der Waals surface area contributed by atoms with Gasteiger partial charge in [0.25, 0.3) is 5.91 Å². The van der Waals surface area contributed by atoms with E-state index in [0.717, 1.165) is 0 Å². The van der Waals surface area contributed by atoms with Gasteiger partial charge in [0.2, 0.25) is 5.28 Å². The van der Waals surface area contributed by atoms with Crippen LogP contribution < -0.4 is 5.32 Å². The van der Waals surface area contributed by atoms with Gasteiger partial charge in [0.1, 0.15) is 12.0 Å². The van der Waals surface area contributed by atoms with E-state index in [4.69, 9.17) is 11.6 Å². The zero-order chi connectivity index (χ0) is 13.1. The van der Waals surface area contributed by atoms with Crippen molar-refractivity contribution in [3.05, 3.63) is 34.9 Å². The lowest BCUT2D eigenvalue weighted by molar-refractivity contribution is 0.0944. The van der Waals surface area contributed by atoms with Crippen LogP contribution in [0.1, 0.15) is 22.0 Å². The van der Waals surface area contributed by atoms with Gasteiger partial charge in [-0.05, 0) is 24.6 Å². The average molecular weight is 267 g/mol. The first-order chi connectivity index (χ1) is 8.56. The fourth-order valence-corrected chi connectivity index (χ4v) is 1.59. The third-order valence-electron chi connectivity index (χ3n) is 2.27. The molecule has 0 aliphatic heterocycles. The van der Waals surface area contributed by atoms with Crippen LogP contribution in [0.25, 0.3) is 0 Å². The van der Waals surface area contributed by atoms with Gasteiger partial charge in [-0.25, -0.2) is 9.97 Å². The van der Waals surface area contributed by atoms with Crippen molar-refractivity contribution in [1.29, 1.82) is 0 Å².